The van der Waals surface area contributed by atoms with Gasteiger partial charge in [0.05, 0.1) is 12.6 Å². The zero-order chi connectivity index (χ0) is 15.9. The molecule has 0 saturated heterocycles. The van der Waals surface area contributed by atoms with Crippen molar-refractivity contribution in [2.24, 2.45) is 0 Å². The highest BCUT2D eigenvalue weighted by molar-refractivity contribution is 5.81. The SMILES string of the molecule is CCc1ccc([C@H](C)NC(=O)CN(C)c2ccccc2)cc1. The maximum atomic E-state index is 12.2. The number of anilines is 1. The van der Waals surface area contributed by atoms with Gasteiger partial charge < -0.3 is 10.2 Å². The third-order valence-corrected chi connectivity index (χ3v) is 3.84. The predicted octanol–water partition coefficient (Wildman–Crippen LogP) is 3.56. The quantitative estimate of drug-likeness (QED) is 0.884. The Labute approximate surface area is 133 Å². The minimum atomic E-state index is 0.0163. The molecule has 22 heavy (non-hydrogen) atoms. The number of hydrogen-bond acceptors (Lipinski definition) is 2. The first-order valence-corrected chi connectivity index (χ1v) is 7.74. The monoisotopic (exact) mass is 296 g/mol. The van der Waals surface area contributed by atoms with E-state index in [9.17, 15) is 4.79 Å². The van der Waals surface area contributed by atoms with Crippen molar-refractivity contribution in [3.8, 4) is 0 Å². The van der Waals surface area contributed by atoms with Gasteiger partial charge in [0.1, 0.15) is 0 Å². The summed E-state index contributed by atoms with van der Waals surface area (Å²) in [6.45, 7) is 4.50. The van der Waals surface area contributed by atoms with Gasteiger partial charge in [-0.1, -0.05) is 49.4 Å². The second-order valence-corrected chi connectivity index (χ2v) is 5.58. The van der Waals surface area contributed by atoms with E-state index in [1.54, 1.807) is 0 Å². The van der Waals surface area contributed by atoms with Crippen LogP contribution in [0.5, 0.6) is 0 Å². The Morgan fingerprint density at radius 2 is 1.73 bits per heavy atom. The second kappa shape index (κ2) is 7.64. The lowest BCUT2D eigenvalue weighted by Gasteiger charge is -2.21. The molecule has 0 aliphatic heterocycles. The predicted molar refractivity (Wildman–Crippen MR) is 92.1 cm³/mol. The Kier molecular flexibility index (Phi) is 5.59. The number of para-hydroxylation sites is 1. The zero-order valence-corrected chi connectivity index (χ0v) is 13.5. The maximum Gasteiger partial charge on any atom is 0.239 e. The number of benzene rings is 2. The van der Waals surface area contributed by atoms with E-state index in [0.29, 0.717) is 6.54 Å². The number of likely N-dealkylation sites (N-methyl/N-ethyl adjacent to an activating group) is 1. The summed E-state index contributed by atoms with van der Waals surface area (Å²) in [6, 6.07) is 18.4. The van der Waals surface area contributed by atoms with Gasteiger partial charge in [-0.15, -0.1) is 0 Å². The van der Waals surface area contributed by atoms with Crippen molar-refractivity contribution in [1.82, 2.24) is 5.32 Å². The molecule has 0 aromatic heterocycles. The van der Waals surface area contributed by atoms with Gasteiger partial charge in [0, 0.05) is 12.7 Å². The molecule has 0 fully saturated rings. The molecule has 0 radical (unpaired) electrons. The van der Waals surface area contributed by atoms with Gasteiger partial charge in [0.15, 0.2) is 0 Å². The van der Waals surface area contributed by atoms with Gasteiger partial charge >= 0.3 is 0 Å². The van der Waals surface area contributed by atoms with Gasteiger partial charge in [-0.3, -0.25) is 4.79 Å². The van der Waals surface area contributed by atoms with Crippen molar-refractivity contribution in [2.75, 3.05) is 18.5 Å². The molecule has 0 heterocycles. The Morgan fingerprint density at radius 1 is 1.09 bits per heavy atom. The molecule has 0 bridgehead atoms. The van der Waals surface area contributed by atoms with Crippen molar-refractivity contribution in [3.05, 3.63) is 65.7 Å². The topological polar surface area (TPSA) is 32.3 Å². The average Bonchev–Trinajstić information content (AvgIpc) is 2.55. The molecule has 2 rings (SSSR count). The molecule has 0 spiro atoms. The Balaban J connectivity index is 1.90. The third kappa shape index (κ3) is 4.35. The smallest absolute Gasteiger partial charge is 0.239 e. The van der Waals surface area contributed by atoms with Crippen LogP contribution in [0.15, 0.2) is 54.6 Å². The van der Waals surface area contributed by atoms with Crippen LogP contribution in [0, 0.1) is 0 Å². The summed E-state index contributed by atoms with van der Waals surface area (Å²) in [5.41, 5.74) is 3.48. The van der Waals surface area contributed by atoms with Crippen molar-refractivity contribution in [3.63, 3.8) is 0 Å². The molecule has 0 saturated carbocycles. The van der Waals surface area contributed by atoms with Crippen molar-refractivity contribution in [2.45, 2.75) is 26.3 Å². The van der Waals surface area contributed by atoms with Crippen LogP contribution in [-0.4, -0.2) is 19.5 Å². The molecule has 0 aliphatic rings. The molecule has 0 unspecified atom stereocenters. The highest BCUT2D eigenvalue weighted by Gasteiger charge is 2.11. The minimum absolute atomic E-state index is 0.0163. The van der Waals surface area contributed by atoms with Crippen LogP contribution in [0.2, 0.25) is 0 Å². The average molecular weight is 296 g/mol. The maximum absolute atomic E-state index is 12.2. The molecule has 2 aromatic carbocycles. The number of hydrogen-bond donors (Lipinski definition) is 1. The van der Waals surface area contributed by atoms with Crippen molar-refractivity contribution in [1.29, 1.82) is 0 Å². The third-order valence-electron chi connectivity index (χ3n) is 3.84. The largest absolute Gasteiger partial charge is 0.365 e. The van der Waals surface area contributed by atoms with Crippen LogP contribution in [0.4, 0.5) is 5.69 Å². The van der Waals surface area contributed by atoms with Crippen molar-refractivity contribution >= 4 is 11.6 Å². The number of nitrogens with one attached hydrogen (secondary N) is 1. The first-order chi connectivity index (χ1) is 10.6. The van der Waals surface area contributed by atoms with Gasteiger partial charge in [0.2, 0.25) is 5.91 Å². The van der Waals surface area contributed by atoms with Gasteiger partial charge in [-0.25, -0.2) is 0 Å². The van der Waals surface area contributed by atoms with Gasteiger partial charge in [0.25, 0.3) is 0 Å². The van der Waals surface area contributed by atoms with Crippen LogP contribution < -0.4 is 10.2 Å². The second-order valence-electron chi connectivity index (χ2n) is 5.58. The number of carbonyl (C=O) groups is 1. The first kappa shape index (κ1) is 16.1. The lowest BCUT2D eigenvalue weighted by atomic mass is 10.1. The highest BCUT2D eigenvalue weighted by Crippen LogP contribution is 2.14. The van der Waals surface area contributed by atoms with E-state index in [2.05, 4.69) is 36.5 Å². The Bertz CT molecular complexity index is 593. The van der Waals surface area contributed by atoms with E-state index >= 15 is 0 Å². The van der Waals surface area contributed by atoms with E-state index < -0.39 is 0 Å². The number of aryl methyl sites for hydroxylation is 1. The van der Waals surface area contributed by atoms with Gasteiger partial charge in [-0.2, -0.15) is 0 Å². The van der Waals surface area contributed by atoms with Crippen LogP contribution >= 0.6 is 0 Å². The van der Waals surface area contributed by atoms with Crippen molar-refractivity contribution < 1.29 is 4.79 Å². The summed E-state index contributed by atoms with van der Waals surface area (Å²) in [7, 11) is 1.93. The number of nitrogens with zero attached hydrogens (tertiary/aromatic N) is 1. The summed E-state index contributed by atoms with van der Waals surface area (Å²) in [5, 5.41) is 3.05. The van der Waals surface area contributed by atoms with E-state index in [1.165, 1.54) is 5.56 Å². The number of rotatable bonds is 6. The van der Waals surface area contributed by atoms with Crippen LogP contribution in [0.25, 0.3) is 0 Å². The molecule has 2 aromatic rings. The fraction of sp³-hybridized carbons (Fsp3) is 0.316. The molecule has 3 heteroatoms. The summed E-state index contributed by atoms with van der Waals surface area (Å²) in [5.74, 6) is 0.0263. The van der Waals surface area contributed by atoms with E-state index in [0.717, 1.165) is 17.7 Å². The molecule has 3 nitrogen and oxygen atoms in total. The molecule has 1 N–H and O–H groups in total. The zero-order valence-electron chi connectivity index (χ0n) is 13.5. The van der Waals surface area contributed by atoms with Crippen LogP contribution in [0.1, 0.15) is 31.0 Å². The molecular formula is C19H24N2O. The number of carbonyl (C=O) groups excluding carboxylic acids is 1. The minimum Gasteiger partial charge on any atom is -0.365 e. The van der Waals surface area contributed by atoms with Crippen LogP contribution in [0.3, 0.4) is 0 Å². The first-order valence-electron chi connectivity index (χ1n) is 7.74. The standard InChI is InChI=1S/C19H24N2O/c1-4-16-10-12-17(13-11-16)15(2)20-19(22)14-21(3)18-8-6-5-7-9-18/h5-13,15H,4,14H2,1-3H3,(H,20,22)/t15-/m0/s1. The fourth-order valence-corrected chi connectivity index (χ4v) is 2.40. The summed E-state index contributed by atoms with van der Waals surface area (Å²) < 4.78 is 0. The van der Waals surface area contributed by atoms with Crippen LogP contribution in [-0.2, 0) is 11.2 Å². The van der Waals surface area contributed by atoms with E-state index in [4.69, 9.17) is 0 Å². The summed E-state index contributed by atoms with van der Waals surface area (Å²) in [4.78, 5) is 14.1. The summed E-state index contributed by atoms with van der Waals surface area (Å²) >= 11 is 0. The molecule has 116 valence electrons. The molecule has 0 aliphatic carbocycles. The highest BCUT2D eigenvalue weighted by atomic mass is 16.2. The number of amides is 1. The molecular weight excluding hydrogens is 272 g/mol. The molecule has 1 atom stereocenters. The lowest BCUT2D eigenvalue weighted by Crippen LogP contribution is -2.36. The lowest BCUT2D eigenvalue weighted by molar-refractivity contribution is -0.120. The van der Waals surface area contributed by atoms with Gasteiger partial charge in [-0.05, 0) is 36.6 Å². The van der Waals surface area contributed by atoms with E-state index in [-0.39, 0.29) is 11.9 Å². The Morgan fingerprint density at radius 3 is 2.32 bits per heavy atom. The normalized spacial score (nSPS) is 11.8. The molecule has 1 amide bonds. The van der Waals surface area contributed by atoms with E-state index in [1.807, 2.05) is 49.2 Å². The summed E-state index contributed by atoms with van der Waals surface area (Å²) in [6.07, 6.45) is 1.03. The Hall–Kier alpha value is -2.29. The fourth-order valence-electron chi connectivity index (χ4n) is 2.40.